The van der Waals surface area contributed by atoms with Gasteiger partial charge in [-0.05, 0) is 56.0 Å². The zero-order valence-electron chi connectivity index (χ0n) is 12.1. The largest absolute Gasteiger partial charge is 0.496 e. The number of nitrogens with one attached hydrogen (secondary N) is 1. The van der Waals surface area contributed by atoms with E-state index in [9.17, 15) is 0 Å². The molecule has 0 saturated heterocycles. The fourth-order valence-corrected chi connectivity index (χ4v) is 4.33. The molecule has 1 aromatic carbocycles. The van der Waals surface area contributed by atoms with Crippen LogP contribution >= 0.6 is 11.3 Å². The molecule has 2 nitrogen and oxygen atoms in total. The zero-order valence-corrected chi connectivity index (χ0v) is 12.9. The SMILES string of the molecule is CNC(Cc1ccccc1OC)c1cc2c(s1)CCC2. The highest BCUT2D eigenvalue weighted by Gasteiger charge is 2.20. The van der Waals surface area contributed by atoms with E-state index in [0.29, 0.717) is 6.04 Å². The molecule has 0 saturated carbocycles. The molecule has 0 amide bonds. The first-order chi connectivity index (χ1) is 9.81. The smallest absolute Gasteiger partial charge is 0.122 e. The number of hydrogen-bond donors (Lipinski definition) is 1. The Morgan fingerprint density at radius 1 is 1.30 bits per heavy atom. The number of methoxy groups -OCH3 is 1. The Bertz CT molecular complexity index is 569. The van der Waals surface area contributed by atoms with Crippen LogP contribution in [0.1, 0.15) is 33.3 Å². The normalized spacial score (nSPS) is 15.1. The van der Waals surface area contributed by atoms with Crippen LogP contribution < -0.4 is 10.1 Å². The van der Waals surface area contributed by atoms with Crippen LogP contribution in [0.3, 0.4) is 0 Å². The van der Waals surface area contributed by atoms with Gasteiger partial charge in [0.1, 0.15) is 5.75 Å². The average molecular weight is 287 g/mol. The van der Waals surface area contributed by atoms with Crippen LogP contribution in [0.4, 0.5) is 0 Å². The lowest BCUT2D eigenvalue weighted by molar-refractivity contribution is 0.406. The maximum atomic E-state index is 5.46. The molecule has 0 radical (unpaired) electrons. The molecule has 1 aromatic heterocycles. The summed E-state index contributed by atoms with van der Waals surface area (Å²) in [5, 5.41) is 3.46. The Kier molecular flexibility index (Phi) is 4.08. The molecule has 106 valence electrons. The molecule has 1 atom stereocenters. The van der Waals surface area contributed by atoms with Gasteiger partial charge in [0.2, 0.25) is 0 Å². The van der Waals surface area contributed by atoms with Gasteiger partial charge in [-0.1, -0.05) is 18.2 Å². The second-order valence-electron chi connectivity index (χ2n) is 5.31. The minimum atomic E-state index is 0.377. The van der Waals surface area contributed by atoms with Crippen molar-refractivity contribution in [1.82, 2.24) is 5.32 Å². The summed E-state index contributed by atoms with van der Waals surface area (Å²) in [4.78, 5) is 3.06. The minimum absolute atomic E-state index is 0.377. The van der Waals surface area contributed by atoms with Gasteiger partial charge in [-0.3, -0.25) is 0 Å². The molecule has 0 bridgehead atoms. The number of hydrogen-bond acceptors (Lipinski definition) is 3. The van der Waals surface area contributed by atoms with Gasteiger partial charge in [0.25, 0.3) is 0 Å². The van der Waals surface area contributed by atoms with Gasteiger partial charge >= 0.3 is 0 Å². The fraction of sp³-hybridized carbons (Fsp3) is 0.412. The molecule has 0 spiro atoms. The summed E-state index contributed by atoms with van der Waals surface area (Å²) in [7, 11) is 3.79. The predicted octanol–water partition coefficient (Wildman–Crippen LogP) is 3.75. The van der Waals surface area contributed by atoms with Gasteiger partial charge in [0, 0.05) is 15.8 Å². The highest BCUT2D eigenvalue weighted by atomic mass is 32.1. The highest BCUT2D eigenvalue weighted by Crippen LogP contribution is 2.35. The number of thiophene rings is 1. The Labute approximate surface area is 124 Å². The van der Waals surface area contributed by atoms with Crippen molar-refractivity contribution in [1.29, 1.82) is 0 Å². The molecule has 0 aliphatic heterocycles. The van der Waals surface area contributed by atoms with E-state index in [1.807, 2.05) is 30.5 Å². The van der Waals surface area contributed by atoms with Gasteiger partial charge in [-0.25, -0.2) is 0 Å². The molecule has 20 heavy (non-hydrogen) atoms. The topological polar surface area (TPSA) is 21.3 Å². The van der Waals surface area contributed by atoms with E-state index in [2.05, 4.69) is 23.5 Å². The lowest BCUT2D eigenvalue weighted by atomic mass is 10.0. The Morgan fingerprint density at radius 2 is 2.15 bits per heavy atom. The Hall–Kier alpha value is -1.32. The van der Waals surface area contributed by atoms with Crippen molar-refractivity contribution in [3.8, 4) is 5.75 Å². The first-order valence-corrected chi connectivity index (χ1v) is 8.04. The molecule has 1 aliphatic carbocycles. The van der Waals surface area contributed by atoms with Gasteiger partial charge < -0.3 is 10.1 Å². The van der Waals surface area contributed by atoms with Gasteiger partial charge in [0.15, 0.2) is 0 Å². The van der Waals surface area contributed by atoms with E-state index in [1.54, 1.807) is 17.6 Å². The molecule has 1 unspecified atom stereocenters. The van der Waals surface area contributed by atoms with Crippen molar-refractivity contribution in [2.24, 2.45) is 0 Å². The molecule has 2 aromatic rings. The number of aryl methyl sites for hydroxylation is 2. The number of para-hydroxylation sites is 1. The van der Waals surface area contributed by atoms with Crippen molar-refractivity contribution in [3.63, 3.8) is 0 Å². The summed E-state index contributed by atoms with van der Waals surface area (Å²) < 4.78 is 5.46. The zero-order chi connectivity index (χ0) is 13.9. The van der Waals surface area contributed by atoms with E-state index in [-0.39, 0.29) is 0 Å². The second-order valence-corrected chi connectivity index (χ2v) is 6.48. The summed E-state index contributed by atoms with van der Waals surface area (Å²) in [6.45, 7) is 0. The molecule has 1 heterocycles. The van der Waals surface area contributed by atoms with Gasteiger partial charge in [-0.2, -0.15) is 0 Å². The van der Waals surface area contributed by atoms with Crippen molar-refractivity contribution in [2.75, 3.05) is 14.2 Å². The van der Waals surface area contributed by atoms with Crippen LogP contribution in [0.15, 0.2) is 30.3 Å². The molecular weight excluding hydrogens is 266 g/mol. The maximum absolute atomic E-state index is 5.46. The number of fused-ring (bicyclic) bond motifs is 1. The van der Waals surface area contributed by atoms with Crippen molar-refractivity contribution in [2.45, 2.75) is 31.7 Å². The van der Waals surface area contributed by atoms with E-state index in [0.717, 1.165) is 12.2 Å². The Balaban J connectivity index is 1.82. The third-order valence-corrected chi connectivity index (χ3v) is 5.42. The van der Waals surface area contributed by atoms with E-state index >= 15 is 0 Å². The van der Waals surface area contributed by atoms with Crippen LogP contribution in [0, 0.1) is 0 Å². The molecule has 1 N–H and O–H groups in total. The van der Waals surface area contributed by atoms with Gasteiger partial charge in [0.05, 0.1) is 7.11 Å². The molecule has 3 heteroatoms. The summed E-state index contributed by atoms with van der Waals surface area (Å²) >= 11 is 1.98. The molecule has 1 aliphatic rings. The van der Waals surface area contributed by atoms with E-state index < -0.39 is 0 Å². The monoisotopic (exact) mass is 287 g/mol. The fourth-order valence-electron chi connectivity index (χ4n) is 2.96. The highest BCUT2D eigenvalue weighted by molar-refractivity contribution is 7.12. The van der Waals surface area contributed by atoms with Crippen LogP contribution in [-0.2, 0) is 19.3 Å². The predicted molar refractivity (Wildman–Crippen MR) is 84.8 cm³/mol. The summed E-state index contributed by atoms with van der Waals surface area (Å²) in [6.07, 6.45) is 4.83. The van der Waals surface area contributed by atoms with Crippen molar-refractivity contribution in [3.05, 3.63) is 51.2 Å². The molecular formula is C17H21NOS. The summed E-state index contributed by atoms with van der Waals surface area (Å²) in [5.74, 6) is 0.983. The lowest BCUT2D eigenvalue weighted by Gasteiger charge is -2.16. The third kappa shape index (κ3) is 2.60. The number of benzene rings is 1. The van der Waals surface area contributed by atoms with Crippen LogP contribution in [0.25, 0.3) is 0 Å². The summed E-state index contributed by atoms with van der Waals surface area (Å²) in [5.41, 5.74) is 2.84. The molecule has 3 rings (SSSR count). The van der Waals surface area contributed by atoms with Crippen LogP contribution in [0.2, 0.25) is 0 Å². The van der Waals surface area contributed by atoms with Crippen molar-refractivity contribution < 1.29 is 4.74 Å². The number of likely N-dealkylation sites (N-methyl/N-ethyl adjacent to an activating group) is 1. The van der Waals surface area contributed by atoms with E-state index in [1.165, 1.54) is 29.7 Å². The average Bonchev–Trinajstić information content (AvgIpc) is 3.06. The molecule has 0 fully saturated rings. The third-order valence-electron chi connectivity index (χ3n) is 4.07. The lowest BCUT2D eigenvalue weighted by Crippen LogP contribution is -2.18. The minimum Gasteiger partial charge on any atom is -0.496 e. The summed E-state index contributed by atoms with van der Waals surface area (Å²) in [6, 6.07) is 11.1. The van der Waals surface area contributed by atoms with Crippen LogP contribution in [-0.4, -0.2) is 14.2 Å². The maximum Gasteiger partial charge on any atom is 0.122 e. The first-order valence-electron chi connectivity index (χ1n) is 7.22. The number of rotatable bonds is 5. The van der Waals surface area contributed by atoms with Gasteiger partial charge in [-0.15, -0.1) is 11.3 Å². The second kappa shape index (κ2) is 5.98. The van der Waals surface area contributed by atoms with Crippen molar-refractivity contribution >= 4 is 11.3 Å². The Morgan fingerprint density at radius 3 is 2.90 bits per heavy atom. The van der Waals surface area contributed by atoms with E-state index in [4.69, 9.17) is 4.74 Å². The quantitative estimate of drug-likeness (QED) is 0.904. The number of ether oxygens (including phenoxy) is 1. The standard InChI is InChI=1S/C17H21NOS/c1-18-14(10-12-6-3-4-8-15(12)19-2)17-11-13-7-5-9-16(13)20-17/h3-4,6,8,11,14,18H,5,7,9-10H2,1-2H3. The van der Waals surface area contributed by atoms with Crippen LogP contribution in [0.5, 0.6) is 5.75 Å². The first kappa shape index (κ1) is 13.7.